The molecular formula is C12H14FN. The molecule has 1 N–H and O–H groups in total. The van der Waals surface area contributed by atoms with Crippen molar-refractivity contribution in [1.82, 2.24) is 5.32 Å². The summed E-state index contributed by atoms with van der Waals surface area (Å²) in [6, 6.07) is 7.02. The Balaban J connectivity index is 1.93. The van der Waals surface area contributed by atoms with Gasteiger partial charge in [0.25, 0.3) is 0 Å². The second-order valence-corrected chi connectivity index (χ2v) is 4.66. The molecule has 1 nitrogen and oxygen atoms in total. The van der Waals surface area contributed by atoms with E-state index in [0.717, 1.165) is 24.9 Å². The molecule has 0 aromatic heterocycles. The summed E-state index contributed by atoms with van der Waals surface area (Å²) in [7, 11) is 0. The minimum absolute atomic E-state index is 0.138. The fourth-order valence-electron chi connectivity index (χ4n) is 3.04. The summed E-state index contributed by atoms with van der Waals surface area (Å²) in [5.74, 6) is 1.40. The highest BCUT2D eigenvalue weighted by Crippen LogP contribution is 2.61. The van der Waals surface area contributed by atoms with Crippen molar-refractivity contribution in [2.24, 2.45) is 11.8 Å². The van der Waals surface area contributed by atoms with Crippen molar-refractivity contribution >= 4 is 0 Å². The van der Waals surface area contributed by atoms with E-state index in [0.29, 0.717) is 5.41 Å². The molecule has 1 aliphatic heterocycles. The number of halogens is 1. The number of fused-ring (bicyclic) bond motifs is 1. The van der Waals surface area contributed by atoms with E-state index in [1.54, 1.807) is 12.1 Å². The zero-order chi connectivity index (χ0) is 9.76. The maximum atomic E-state index is 12.8. The van der Waals surface area contributed by atoms with Gasteiger partial charge in [0.1, 0.15) is 5.82 Å². The minimum Gasteiger partial charge on any atom is -0.316 e. The molecule has 0 bridgehead atoms. The van der Waals surface area contributed by atoms with Gasteiger partial charge in [-0.05, 0) is 42.6 Å². The molecule has 2 aliphatic rings. The third-order valence-electron chi connectivity index (χ3n) is 4.11. The zero-order valence-corrected chi connectivity index (χ0v) is 8.26. The first kappa shape index (κ1) is 8.42. The quantitative estimate of drug-likeness (QED) is 0.715. The molecule has 2 unspecified atom stereocenters. The van der Waals surface area contributed by atoms with Crippen LogP contribution < -0.4 is 5.32 Å². The van der Waals surface area contributed by atoms with Gasteiger partial charge in [0.2, 0.25) is 0 Å². The van der Waals surface area contributed by atoms with E-state index in [1.165, 1.54) is 5.56 Å². The van der Waals surface area contributed by atoms with E-state index in [-0.39, 0.29) is 5.82 Å². The second kappa shape index (κ2) is 2.57. The van der Waals surface area contributed by atoms with Crippen molar-refractivity contribution in [2.45, 2.75) is 12.3 Å². The standard InChI is InChI=1S/C12H14FN/c1-12(10-6-14-7-11(10)12)8-2-4-9(13)5-3-8/h2-5,10-11,14H,6-7H2,1H3. The molecule has 2 fully saturated rings. The van der Waals surface area contributed by atoms with Gasteiger partial charge in [0.15, 0.2) is 0 Å². The largest absolute Gasteiger partial charge is 0.316 e. The lowest BCUT2D eigenvalue weighted by Crippen LogP contribution is -2.22. The molecular weight excluding hydrogens is 177 g/mol. The van der Waals surface area contributed by atoms with Gasteiger partial charge in [-0.2, -0.15) is 0 Å². The number of benzene rings is 1. The molecule has 1 saturated heterocycles. The Morgan fingerprint density at radius 2 is 1.79 bits per heavy atom. The van der Waals surface area contributed by atoms with Crippen LogP contribution in [-0.4, -0.2) is 13.1 Å². The first-order valence-corrected chi connectivity index (χ1v) is 5.19. The van der Waals surface area contributed by atoms with Crippen molar-refractivity contribution in [3.05, 3.63) is 35.6 Å². The van der Waals surface area contributed by atoms with Gasteiger partial charge in [0, 0.05) is 5.41 Å². The summed E-state index contributed by atoms with van der Waals surface area (Å²) in [5, 5.41) is 3.38. The number of hydrogen-bond acceptors (Lipinski definition) is 1. The zero-order valence-electron chi connectivity index (χ0n) is 8.26. The summed E-state index contributed by atoms with van der Waals surface area (Å²) in [5.41, 5.74) is 1.62. The van der Waals surface area contributed by atoms with Crippen molar-refractivity contribution < 1.29 is 4.39 Å². The topological polar surface area (TPSA) is 12.0 Å². The van der Waals surface area contributed by atoms with Gasteiger partial charge in [-0.1, -0.05) is 19.1 Å². The third kappa shape index (κ3) is 0.921. The summed E-state index contributed by atoms with van der Waals surface area (Å²) in [4.78, 5) is 0. The van der Waals surface area contributed by atoms with E-state index in [4.69, 9.17) is 0 Å². The molecule has 1 heterocycles. The van der Waals surface area contributed by atoms with Crippen molar-refractivity contribution in [2.75, 3.05) is 13.1 Å². The molecule has 0 radical (unpaired) electrons. The van der Waals surface area contributed by atoms with E-state index >= 15 is 0 Å². The lowest BCUT2D eigenvalue weighted by Gasteiger charge is -2.16. The minimum atomic E-state index is -0.138. The lowest BCUT2D eigenvalue weighted by molar-refractivity contribution is 0.555. The molecule has 1 aromatic carbocycles. The van der Waals surface area contributed by atoms with Gasteiger partial charge in [-0.15, -0.1) is 0 Å². The van der Waals surface area contributed by atoms with Crippen LogP contribution in [0.15, 0.2) is 24.3 Å². The van der Waals surface area contributed by atoms with Gasteiger partial charge in [0.05, 0.1) is 0 Å². The van der Waals surface area contributed by atoms with Crippen LogP contribution in [0.5, 0.6) is 0 Å². The van der Waals surface area contributed by atoms with Crippen molar-refractivity contribution in [3.8, 4) is 0 Å². The maximum absolute atomic E-state index is 12.8. The van der Waals surface area contributed by atoms with Crippen LogP contribution in [0.1, 0.15) is 12.5 Å². The number of nitrogens with one attached hydrogen (secondary N) is 1. The van der Waals surface area contributed by atoms with E-state index < -0.39 is 0 Å². The highest BCUT2D eigenvalue weighted by molar-refractivity contribution is 5.37. The molecule has 74 valence electrons. The molecule has 0 amide bonds. The van der Waals surface area contributed by atoms with Gasteiger partial charge in [-0.25, -0.2) is 4.39 Å². The molecule has 1 aliphatic carbocycles. The fraction of sp³-hybridized carbons (Fsp3) is 0.500. The van der Waals surface area contributed by atoms with Crippen LogP contribution in [-0.2, 0) is 5.41 Å². The molecule has 1 saturated carbocycles. The van der Waals surface area contributed by atoms with Crippen LogP contribution in [0.4, 0.5) is 4.39 Å². The first-order chi connectivity index (χ1) is 6.73. The smallest absolute Gasteiger partial charge is 0.123 e. The van der Waals surface area contributed by atoms with Crippen molar-refractivity contribution in [3.63, 3.8) is 0 Å². The highest BCUT2D eigenvalue weighted by atomic mass is 19.1. The Hall–Kier alpha value is -0.890. The van der Waals surface area contributed by atoms with Crippen LogP contribution in [0.2, 0.25) is 0 Å². The fourth-order valence-corrected chi connectivity index (χ4v) is 3.04. The molecule has 14 heavy (non-hydrogen) atoms. The van der Waals surface area contributed by atoms with Gasteiger partial charge < -0.3 is 5.32 Å². The Labute approximate surface area is 83.3 Å². The Bertz CT molecular complexity index is 347. The van der Waals surface area contributed by atoms with Crippen LogP contribution in [0.3, 0.4) is 0 Å². The van der Waals surface area contributed by atoms with E-state index in [9.17, 15) is 4.39 Å². The molecule has 2 heteroatoms. The van der Waals surface area contributed by atoms with Crippen LogP contribution in [0, 0.1) is 17.7 Å². The van der Waals surface area contributed by atoms with E-state index in [2.05, 4.69) is 12.2 Å². The summed E-state index contributed by atoms with van der Waals surface area (Å²) < 4.78 is 12.8. The Kier molecular flexibility index (Phi) is 1.55. The molecule has 0 spiro atoms. The number of piperidine rings is 1. The normalized spacial score (nSPS) is 39.6. The third-order valence-corrected chi connectivity index (χ3v) is 4.11. The summed E-state index contributed by atoms with van der Waals surface area (Å²) >= 11 is 0. The van der Waals surface area contributed by atoms with Gasteiger partial charge in [-0.3, -0.25) is 0 Å². The average Bonchev–Trinajstić information content (AvgIpc) is 2.63. The van der Waals surface area contributed by atoms with Crippen LogP contribution in [0.25, 0.3) is 0 Å². The summed E-state index contributed by atoms with van der Waals surface area (Å²) in [6.45, 7) is 4.55. The first-order valence-electron chi connectivity index (χ1n) is 5.19. The lowest BCUT2D eigenvalue weighted by atomic mass is 9.93. The Morgan fingerprint density at radius 3 is 2.36 bits per heavy atom. The number of hydrogen-bond donors (Lipinski definition) is 1. The van der Waals surface area contributed by atoms with Crippen molar-refractivity contribution in [1.29, 1.82) is 0 Å². The SMILES string of the molecule is CC1(c2ccc(F)cc2)C2CNCC21. The molecule has 1 aromatic rings. The monoisotopic (exact) mass is 191 g/mol. The predicted molar refractivity (Wildman–Crippen MR) is 53.6 cm³/mol. The molecule has 2 atom stereocenters. The highest BCUT2D eigenvalue weighted by Gasteiger charge is 2.63. The van der Waals surface area contributed by atoms with E-state index in [1.807, 2.05) is 12.1 Å². The molecule has 3 rings (SSSR count). The van der Waals surface area contributed by atoms with Gasteiger partial charge >= 0.3 is 0 Å². The Morgan fingerprint density at radius 1 is 1.21 bits per heavy atom. The average molecular weight is 191 g/mol. The predicted octanol–water partition coefficient (Wildman–Crippen LogP) is 1.93. The van der Waals surface area contributed by atoms with Crippen LogP contribution >= 0.6 is 0 Å². The number of rotatable bonds is 1. The second-order valence-electron chi connectivity index (χ2n) is 4.66. The summed E-state index contributed by atoms with van der Waals surface area (Å²) in [6.07, 6.45) is 0. The maximum Gasteiger partial charge on any atom is 0.123 e.